The van der Waals surface area contributed by atoms with E-state index < -0.39 is 0 Å². The highest BCUT2D eigenvalue weighted by molar-refractivity contribution is 5.60. The van der Waals surface area contributed by atoms with Crippen LogP contribution in [0.3, 0.4) is 0 Å². The number of para-hydroxylation sites is 1. The van der Waals surface area contributed by atoms with Gasteiger partial charge in [-0.2, -0.15) is 0 Å². The Morgan fingerprint density at radius 1 is 0.875 bits per heavy atom. The van der Waals surface area contributed by atoms with Crippen LogP contribution in [0.4, 0.5) is 5.69 Å². The lowest BCUT2D eigenvalue weighted by atomic mass is 9.83. The molecule has 1 unspecified atom stereocenters. The fourth-order valence-corrected chi connectivity index (χ4v) is 4.23. The van der Waals surface area contributed by atoms with Crippen LogP contribution in [0.15, 0.2) is 54.6 Å². The lowest BCUT2D eigenvalue weighted by Crippen LogP contribution is -2.39. The lowest BCUT2D eigenvalue weighted by molar-refractivity contribution is 0.329. The normalized spacial score (nSPS) is 18.6. The molecule has 0 aromatic heterocycles. The van der Waals surface area contributed by atoms with Gasteiger partial charge in [-0.1, -0.05) is 67.5 Å². The van der Waals surface area contributed by atoms with Gasteiger partial charge in [0.2, 0.25) is 0 Å². The third kappa shape index (κ3) is 3.20. The topological polar surface area (TPSA) is 3.24 Å². The van der Waals surface area contributed by atoms with Gasteiger partial charge in [-0.3, -0.25) is 0 Å². The minimum Gasteiger partial charge on any atom is -0.357 e. The molecule has 1 nitrogen and oxygen atoms in total. The molecule has 1 fully saturated rings. The summed E-state index contributed by atoms with van der Waals surface area (Å²) in [6, 6.07) is 19.7. The molecule has 0 amide bonds. The zero-order chi connectivity index (χ0) is 16.2. The summed E-state index contributed by atoms with van der Waals surface area (Å²) in [4.78, 5) is 2.58. The molecular formula is C23H25N. The fraction of sp³-hybridized carbons (Fsp3) is 0.391. The molecule has 0 bridgehead atoms. The molecule has 122 valence electrons. The van der Waals surface area contributed by atoms with Gasteiger partial charge in [0, 0.05) is 17.8 Å². The van der Waals surface area contributed by atoms with E-state index >= 15 is 0 Å². The zero-order valence-electron chi connectivity index (χ0n) is 14.2. The SMILES string of the molecule is C(#CC(C1CCCCC1)N1CCc2ccccc21)c1ccccc1. The molecule has 1 aliphatic heterocycles. The molecular weight excluding hydrogens is 290 g/mol. The van der Waals surface area contributed by atoms with Crippen molar-refractivity contribution in [2.75, 3.05) is 11.4 Å². The molecule has 0 saturated heterocycles. The van der Waals surface area contributed by atoms with E-state index in [1.165, 1.54) is 43.4 Å². The predicted octanol–water partition coefficient (Wildman–Crippen LogP) is 5.05. The molecule has 1 heteroatoms. The van der Waals surface area contributed by atoms with Gasteiger partial charge in [-0.15, -0.1) is 0 Å². The van der Waals surface area contributed by atoms with Crippen molar-refractivity contribution in [3.8, 4) is 11.8 Å². The van der Waals surface area contributed by atoms with Crippen molar-refractivity contribution in [3.63, 3.8) is 0 Å². The van der Waals surface area contributed by atoms with E-state index in [0.29, 0.717) is 12.0 Å². The quantitative estimate of drug-likeness (QED) is 0.701. The maximum Gasteiger partial charge on any atom is 0.0935 e. The Bertz CT molecular complexity index is 731. The highest BCUT2D eigenvalue weighted by Crippen LogP contribution is 2.35. The van der Waals surface area contributed by atoms with Gasteiger partial charge in [0.15, 0.2) is 0 Å². The van der Waals surface area contributed by atoms with Crippen LogP contribution >= 0.6 is 0 Å². The van der Waals surface area contributed by atoms with E-state index in [1.807, 2.05) is 0 Å². The van der Waals surface area contributed by atoms with E-state index in [4.69, 9.17) is 0 Å². The predicted molar refractivity (Wildman–Crippen MR) is 101 cm³/mol. The highest BCUT2D eigenvalue weighted by Gasteiger charge is 2.31. The number of nitrogens with zero attached hydrogens (tertiary/aromatic N) is 1. The van der Waals surface area contributed by atoms with E-state index in [-0.39, 0.29) is 0 Å². The van der Waals surface area contributed by atoms with Crippen LogP contribution < -0.4 is 4.90 Å². The van der Waals surface area contributed by atoms with Gasteiger partial charge in [0.1, 0.15) is 0 Å². The summed E-state index contributed by atoms with van der Waals surface area (Å²) in [5.41, 5.74) is 4.03. The van der Waals surface area contributed by atoms with Crippen LogP contribution in [0.1, 0.15) is 43.2 Å². The van der Waals surface area contributed by atoms with E-state index in [9.17, 15) is 0 Å². The molecule has 1 aliphatic carbocycles. The third-order valence-corrected chi connectivity index (χ3v) is 5.49. The van der Waals surface area contributed by atoms with Crippen LogP contribution in [0.25, 0.3) is 0 Å². The molecule has 0 radical (unpaired) electrons. The largest absolute Gasteiger partial charge is 0.357 e. The maximum atomic E-state index is 3.66. The monoisotopic (exact) mass is 315 g/mol. The highest BCUT2D eigenvalue weighted by atomic mass is 15.2. The van der Waals surface area contributed by atoms with Crippen molar-refractivity contribution >= 4 is 5.69 Å². The van der Waals surface area contributed by atoms with Gasteiger partial charge < -0.3 is 4.90 Å². The lowest BCUT2D eigenvalue weighted by Gasteiger charge is -2.35. The molecule has 2 aromatic carbocycles. The van der Waals surface area contributed by atoms with Crippen LogP contribution in [-0.2, 0) is 6.42 Å². The summed E-state index contributed by atoms with van der Waals surface area (Å²) in [7, 11) is 0. The van der Waals surface area contributed by atoms with E-state index in [2.05, 4.69) is 71.3 Å². The summed E-state index contributed by atoms with van der Waals surface area (Å²) in [5, 5.41) is 0. The molecule has 0 N–H and O–H groups in total. The number of fused-ring (bicyclic) bond motifs is 1. The standard InChI is InChI=1S/C23H25N/c1-3-9-19(10-4-1)15-16-23(20-11-5-2-6-12-20)24-18-17-21-13-7-8-14-22(21)24/h1,3-4,7-10,13-14,20,23H,2,5-6,11-12,17-18H2. The first-order valence-electron chi connectivity index (χ1n) is 9.33. The Hall–Kier alpha value is -2.20. The Morgan fingerprint density at radius 2 is 1.62 bits per heavy atom. The fourth-order valence-electron chi connectivity index (χ4n) is 4.23. The molecule has 2 aliphatic rings. The summed E-state index contributed by atoms with van der Waals surface area (Å²) >= 11 is 0. The Balaban J connectivity index is 1.65. The second kappa shape index (κ2) is 7.14. The summed E-state index contributed by atoms with van der Waals surface area (Å²) < 4.78 is 0. The first-order chi connectivity index (χ1) is 11.9. The minimum absolute atomic E-state index is 0.356. The molecule has 0 spiro atoms. The van der Waals surface area contributed by atoms with Crippen molar-refractivity contribution in [2.45, 2.75) is 44.6 Å². The second-order valence-electron chi connectivity index (χ2n) is 7.05. The van der Waals surface area contributed by atoms with Crippen LogP contribution in [-0.4, -0.2) is 12.6 Å². The molecule has 24 heavy (non-hydrogen) atoms. The average Bonchev–Trinajstić information content (AvgIpc) is 3.08. The first-order valence-corrected chi connectivity index (χ1v) is 9.33. The maximum absolute atomic E-state index is 3.66. The van der Waals surface area contributed by atoms with E-state index in [1.54, 1.807) is 0 Å². The Labute approximate surface area is 145 Å². The van der Waals surface area contributed by atoms with Gasteiger partial charge in [-0.25, -0.2) is 0 Å². The van der Waals surface area contributed by atoms with Crippen LogP contribution in [0.2, 0.25) is 0 Å². The van der Waals surface area contributed by atoms with Crippen molar-refractivity contribution < 1.29 is 0 Å². The van der Waals surface area contributed by atoms with Gasteiger partial charge >= 0.3 is 0 Å². The number of hydrogen-bond acceptors (Lipinski definition) is 1. The zero-order valence-corrected chi connectivity index (χ0v) is 14.2. The minimum atomic E-state index is 0.356. The molecule has 1 atom stereocenters. The average molecular weight is 315 g/mol. The van der Waals surface area contributed by atoms with Crippen molar-refractivity contribution in [1.29, 1.82) is 0 Å². The second-order valence-corrected chi connectivity index (χ2v) is 7.05. The molecule has 2 aromatic rings. The van der Waals surface area contributed by atoms with E-state index in [0.717, 1.165) is 18.5 Å². The van der Waals surface area contributed by atoms with Gasteiger partial charge in [-0.05, 0) is 48.9 Å². The van der Waals surface area contributed by atoms with Gasteiger partial charge in [0.25, 0.3) is 0 Å². The molecule has 4 rings (SSSR count). The number of benzene rings is 2. The Kier molecular flexibility index (Phi) is 4.56. The van der Waals surface area contributed by atoms with Crippen LogP contribution in [0, 0.1) is 17.8 Å². The van der Waals surface area contributed by atoms with Crippen LogP contribution in [0.5, 0.6) is 0 Å². The third-order valence-electron chi connectivity index (χ3n) is 5.49. The number of anilines is 1. The van der Waals surface area contributed by atoms with Crippen molar-refractivity contribution in [2.24, 2.45) is 5.92 Å². The molecule has 1 saturated carbocycles. The smallest absolute Gasteiger partial charge is 0.0935 e. The van der Waals surface area contributed by atoms with Crippen molar-refractivity contribution in [3.05, 3.63) is 65.7 Å². The van der Waals surface area contributed by atoms with Gasteiger partial charge in [0.05, 0.1) is 6.04 Å². The summed E-state index contributed by atoms with van der Waals surface area (Å²) in [6.45, 7) is 1.12. The number of rotatable bonds is 2. The van der Waals surface area contributed by atoms with Crippen molar-refractivity contribution in [1.82, 2.24) is 0 Å². The molecule has 1 heterocycles. The Morgan fingerprint density at radius 3 is 2.46 bits per heavy atom. The summed E-state index contributed by atoms with van der Waals surface area (Å²) in [6.07, 6.45) is 7.94. The first kappa shape index (κ1) is 15.3. The summed E-state index contributed by atoms with van der Waals surface area (Å²) in [5.74, 6) is 7.83. The number of hydrogen-bond donors (Lipinski definition) is 0.